The highest BCUT2D eigenvalue weighted by Crippen LogP contribution is 2.23. The molecule has 1 saturated heterocycles. The lowest BCUT2D eigenvalue weighted by Gasteiger charge is -2.17. The lowest BCUT2D eigenvalue weighted by atomic mass is 10.1. The van der Waals surface area contributed by atoms with Crippen molar-refractivity contribution >= 4 is 23.3 Å². The van der Waals surface area contributed by atoms with Gasteiger partial charge in [0.2, 0.25) is 0 Å². The summed E-state index contributed by atoms with van der Waals surface area (Å²) in [6.07, 6.45) is 1.61. The molecule has 0 unspecified atom stereocenters. The summed E-state index contributed by atoms with van der Waals surface area (Å²) in [5.74, 6) is 0.564. The van der Waals surface area contributed by atoms with Gasteiger partial charge in [0.05, 0.1) is 12.9 Å². The number of urea groups is 1. The number of hydrogen-bond donors (Lipinski definition) is 2. The van der Waals surface area contributed by atoms with E-state index in [2.05, 4.69) is 10.6 Å². The standard InChI is InChI=1S/C23H23N3O4/c1-16-12-18(7-8-21(16)26-10-9-24-23(26)28)22(27)25-19-5-2-4-17(13-19)14-29-15-20-6-3-11-30-20/h2-8,11-13H,9-10,14-15H2,1H3,(H,24,28)(H,25,27). The van der Waals surface area contributed by atoms with Crippen molar-refractivity contribution in [3.8, 4) is 0 Å². The van der Waals surface area contributed by atoms with E-state index in [0.717, 1.165) is 22.6 Å². The van der Waals surface area contributed by atoms with Gasteiger partial charge >= 0.3 is 6.03 Å². The summed E-state index contributed by atoms with van der Waals surface area (Å²) in [7, 11) is 0. The zero-order chi connectivity index (χ0) is 20.9. The SMILES string of the molecule is Cc1cc(C(=O)Nc2cccc(COCc3ccco3)c2)ccc1N1CCNC1=O. The molecular formula is C23H23N3O4. The number of benzene rings is 2. The third-order valence-corrected chi connectivity index (χ3v) is 4.88. The fraction of sp³-hybridized carbons (Fsp3) is 0.217. The van der Waals surface area contributed by atoms with Crippen LogP contribution in [0, 0.1) is 6.92 Å². The summed E-state index contributed by atoms with van der Waals surface area (Å²) in [6.45, 7) is 3.96. The summed E-state index contributed by atoms with van der Waals surface area (Å²) in [5.41, 5.74) is 3.87. The van der Waals surface area contributed by atoms with Crippen LogP contribution in [0.15, 0.2) is 65.3 Å². The minimum atomic E-state index is -0.204. The van der Waals surface area contributed by atoms with E-state index in [4.69, 9.17) is 9.15 Å². The molecule has 1 aliphatic heterocycles. The number of nitrogens with zero attached hydrogens (tertiary/aromatic N) is 1. The highest BCUT2D eigenvalue weighted by molar-refractivity contribution is 6.05. The van der Waals surface area contributed by atoms with Crippen LogP contribution in [0.2, 0.25) is 0 Å². The molecule has 0 radical (unpaired) electrons. The molecule has 154 valence electrons. The normalized spacial score (nSPS) is 13.4. The summed E-state index contributed by atoms with van der Waals surface area (Å²) in [4.78, 5) is 26.3. The number of anilines is 2. The average Bonchev–Trinajstić information content (AvgIpc) is 3.40. The van der Waals surface area contributed by atoms with Gasteiger partial charge in [-0.15, -0.1) is 0 Å². The number of rotatable bonds is 7. The molecule has 0 aliphatic carbocycles. The molecule has 1 fully saturated rings. The second kappa shape index (κ2) is 8.84. The third-order valence-electron chi connectivity index (χ3n) is 4.88. The molecule has 7 nitrogen and oxygen atoms in total. The van der Waals surface area contributed by atoms with Crippen molar-refractivity contribution in [1.82, 2.24) is 5.32 Å². The fourth-order valence-corrected chi connectivity index (χ4v) is 3.41. The maximum Gasteiger partial charge on any atom is 0.322 e. The van der Waals surface area contributed by atoms with Gasteiger partial charge in [-0.25, -0.2) is 4.79 Å². The third kappa shape index (κ3) is 4.52. The Hall–Kier alpha value is -3.58. The molecule has 7 heteroatoms. The number of amides is 3. The van der Waals surface area contributed by atoms with Gasteiger partial charge in [-0.05, 0) is 60.5 Å². The number of ether oxygens (including phenoxy) is 1. The molecule has 2 heterocycles. The van der Waals surface area contributed by atoms with Crippen molar-refractivity contribution in [3.05, 3.63) is 83.3 Å². The topological polar surface area (TPSA) is 83.8 Å². The maximum atomic E-state index is 12.7. The van der Waals surface area contributed by atoms with E-state index in [-0.39, 0.29) is 11.9 Å². The first-order valence-electron chi connectivity index (χ1n) is 9.76. The molecular weight excluding hydrogens is 382 g/mol. The minimum absolute atomic E-state index is 0.110. The molecule has 3 amide bonds. The smallest absolute Gasteiger partial charge is 0.322 e. The van der Waals surface area contributed by atoms with E-state index in [0.29, 0.717) is 37.6 Å². The van der Waals surface area contributed by atoms with Gasteiger partial charge in [-0.2, -0.15) is 0 Å². The summed E-state index contributed by atoms with van der Waals surface area (Å²) < 4.78 is 10.9. The van der Waals surface area contributed by atoms with Gasteiger partial charge < -0.3 is 19.8 Å². The van der Waals surface area contributed by atoms with E-state index in [1.807, 2.05) is 49.4 Å². The summed E-state index contributed by atoms with van der Waals surface area (Å²) in [6, 6.07) is 16.5. The molecule has 2 aromatic carbocycles. The molecule has 30 heavy (non-hydrogen) atoms. The lowest BCUT2D eigenvalue weighted by molar-refractivity contribution is 0.0929. The van der Waals surface area contributed by atoms with Gasteiger partial charge in [0, 0.05) is 30.0 Å². The van der Waals surface area contributed by atoms with Gasteiger partial charge in [0.15, 0.2) is 0 Å². The molecule has 0 spiro atoms. The van der Waals surface area contributed by atoms with Crippen LogP contribution < -0.4 is 15.5 Å². The second-order valence-electron chi connectivity index (χ2n) is 7.11. The fourth-order valence-electron chi connectivity index (χ4n) is 3.41. The van der Waals surface area contributed by atoms with Crippen molar-refractivity contribution in [1.29, 1.82) is 0 Å². The van der Waals surface area contributed by atoms with Crippen LogP contribution in [0.1, 0.15) is 27.2 Å². The first-order valence-corrected chi connectivity index (χ1v) is 9.76. The molecule has 0 bridgehead atoms. The Bertz CT molecular complexity index is 1050. The number of aryl methyl sites for hydroxylation is 1. The highest BCUT2D eigenvalue weighted by Gasteiger charge is 2.23. The van der Waals surface area contributed by atoms with Gasteiger partial charge in [0.1, 0.15) is 12.4 Å². The van der Waals surface area contributed by atoms with E-state index >= 15 is 0 Å². The van der Waals surface area contributed by atoms with Crippen molar-refractivity contribution in [2.75, 3.05) is 23.3 Å². The molecule has 0 atom stereocenters. The summed E-state index contributed by atoms with van der Waals surface area (Å²) >= 11 is 0. The summed E-state index contributed by atoms with van der Waals surface area (Å²) in [5, 5.41) is 5.71. The molecule has 0 saturated carbocycles. The molecule has 1 aromatic heterocycles. The Labute approximate surface area is 174 Å². The quantitative estimate of drug-likeness (QED) is 0.620. The predicted octanol–water partition coefficient (Wildman–Crippen LogP) is 4.09. The minimum Gasteiger partial charge on any atom is -0.467 e. The first kappa shape index (κ1) is 19.7. The number of carbonyl (C=O) groups is 2. The van der Waals surface area contributed by atoms with Crippen molar-refractivity contribution in [3.63, 3.8) is 0 Å². The average molecular weight is 405 g/mol. The van der Waals surface area contributed by atoms with E-state index in [1.54, 1.807) is 23.3 Å². The number of furan rings is 1. The van der Waals surface area contributed by atoms with Crippen LogP contribution in [-0.2, 0) is 18.0 Å². The molecule has 4 rings (SSSR count). The van der Waals surface area contributed by atoms with Crippen molar-refractivity contribution in [2.45, 2.75) is 20.1 Å². The molecule has 2 N–H and O–H groups in total. The van der Waals surface area contributed by atoms with Crippen LogP contribution in [0.25, 0.3) is 0 Å². The van der Waals surface area contributed by atoms with Crippen LogP contribution in [0.5, 0.6) is 0 Å². The van der Waals surface area contributed by atoms with Gasteiger partial charge in [0.25, 0.3) is 5.91 Å². The Morgan fingerprint density at radius 1 is 1.17 bits per heavy atom. The van der Waals surface area contributed by atoms with Crippen molar-refractivity contribution in [2.24, 2.45) is 0 Å². The Balaban J connectivity index is 1.38. The first-order chi connectivity index (χ1) is 14.6. The maximum absolute atomic E-state index is 12.7. The van der Waals surface area contributed by atoms with Gasteiger partial charge in [-0.3, -0.25) is 9.69 Å². The van der Waals surface area contributed by atoms with Crippen LogP contribution >= 0.6 is 0 Å². The zero-order valence-corrected chi connectivity index (χ0v) is 16.7. The zero-order valence-electron chi connectivity index (χ0n) is 16.7. The van der Waals surface area contributed by atoms with Crippen LogP contribution in [-0.4, -0.2) is 25.0 Å². The largest absolute Gasteiger partial charge is 0.467 e. The number of carbonyl (C=O) groups excluding carboxylic acids is 2. The Morgan fingerprint density at radius 3 is 2.80 bits per heavy atom. The Kier molecular flexibility index (Phi) is 5.81. The van der Waals surface area contributed by atoms with Crippen LogP contribution in [0.4, 0.5) is 16.2 Å². The molecule has 1 aliphatic rings. The van der Waals surface area contributed by atoms with E-state index < -0.39 is 0 Å². The number of hydrogen-bond acceptors (Lipinski definition) is 4. The lowest BCUT2D eigenvalue weighted by Crippen LogP contribution is -2.28. The number of nitrogens with one attached hydrogen (secondary N) is 2. The van der Waals surface area contributed by atoms with Crippen molar-refractivity contribution < 1.29 is 18.7 Å². The highest BCUT2D eigenvalue weighted by atomic mass is 16.5. The second-order valence-corrected chi connectivity index (χ2v) is 7.11. The molecule has 3 aromatic rings. The Morgan fingerprint density at radius 2 is 2.07 bits per heavy atom. The van der Waals surface area contributed by atoms with Gasteiger partial charge in [-0.1, -0.05) is 12.1 Å². The monoisotopic (exact) mass is 405 g/mol. The van der Waals surface area contributed by atoms with E-state index in [9.17, 15) is 9.59 Å². The van der Waals surface area contributed by atoms with Crippen LogP contribution in [0.3, 0.4) is 0 Å². The predicted molar refractivity (Wildman–Crippen MR) is 114 cm³/mol. The van der Waals surface area contributed by atoms with E-state index in [1.165, 1.54) is 0 Å².